The maximum absolute atomic E-state index is 12.7. The first-order valence-corrected chi connectivity index (χ1v) is 11.3. The lowest BCUT2D eigenvalue weighted by Gasteiger charge is -2.24. The Morgan fingerprint density at radius 3 is 2.29 bits per heavy atom. The number of hydrogen-bond donors (Lipinski definition) is 8. The summed E-state index contributed by atoms with van der Waals surface area (Å²) in [6.45, 7) is -0.811. The zero-order chi connectivity index (χ0) is 23.4. The van der Waals surface area contributed by atoms with E-state index in [1.54, 1.807) is 0 Å². The highest BCUT2D eigenvalue weighted by Crippen LogP contribution is 2.04. The van der Waals surface area contributed by atoms with E-state index in [4.69, 9.17) is 15.9 Å². The number of nitrogens with two attached hydrogens (primary N) is 1. The molecule has 0 aliphatic carbocycles. The van der Waals surface area contributed by atoms with Crippen LogP contribution < -0.4 is 21.7 Å². The number of amides is 3. The van der Waals surface area contributed by atoms with E-state index in [9.17, 15) is 19.2 Å². The van der Waals surface area contributed by atoms with E-state index >= 15 is 0 Å². The van der Waals surface area contributed by atoms with Crippen LogP contribution in [0.4, 0.5) is 0 Å². The summed E-state index contributed by atoms with van der Waals surface area (Å²) in [5, 5.41) is 25.1. The van der Waals surface area contributed by atoms with Gasteiger partial charge < -0.3 is 36.9 Å². The number of aliphatic hydroxyl groups excluding tert-OH is 1. The highest BCUT2D eigenvalue weighted by atomic mass is 32.2. The topological polar surface area (TPSA) is 200 Å². The number of carbonyl (C=O) groups excluding carboxylic acids is 3. The smallest absolute Gasteiger partial charge is 0.328 e. The number of rotatable bonds is 14. The Kier molecular flexibility index (Phi) is 12.0. The van der Waals surface area contributed by atoms with Crippen molar-refractivity contribution in [2.45, 2.75) is 37.0 Å². The molecule has 4 atom stereocenters. The molecular formula is C17H28N6O6S2. The summed E-state index contributed by atoms with van der Waals surface area (Å²) in [4.78, 5) is 55.1. The fourth-order valence-corrected chi connectivity index (χ4v) is 3.16. The third-order valence-corrected chi connectivity index (χ3v) is 5.20. The van der Waals surface area contributed by atoms with Gasteiger partial charge >= 0.3 is 5.97 Å². The van der Waals surface area contributed by atoms with E-state index in [-0.39, 0.29) is 18.6 Å². The highest BCUT2D eigenvalue weighted by molar-refractivity contribution is 7.98. The summed E-state index contributed by atoms with van der Waals surface area (Å²) in [7, 11) is 0. The van der Waals surface area contributed by atoms with E-state index in [1.165, 1.54) is 24.3 Å². The van der Waals surface area contributed by atoms with Crippen molar-refractivity contribution in [3.63, 3.8) is 0 Å². The lowest BCUT2D eigenvalue weighted by Crippen LogP contribution is -2.58. The van der Waals surface area contributed by atoms with E-state index in [0.29, 0.717) is 11.4 Å². The molecular weight excluding hydrogens is 448 g/mol. The Morgan fingerprint density at radius 1 is 1.16 bits per heavy atom. The quantitative estimate of drug-likeness (QED) is 0.134. The number of aliphatic carboxylic acids is 1. The molecule has 0 spiro atoms. The van der Waals surface area contributed by atoms with Crippen LogP contribution in [0.1, 0.15) is 12.1 Å². The molecule has 14 heteroatoms. The highest BCUT2D eigenvalue weighted by Gasteiger charge is 2.29. The van der Waals surface area contributed by atoms with Crippen molar-refractivity contribution in [3.8, 4) is 0 Å². The van der Waals surface area contributed by atoms with Crippen LogP contribution in [0.25, 0.3) is 0 Å². The van der Waals surface area contributed by atoms with Gasteiger partial charge in [-0.25, -0.2) is 9.78 Å². The minimum atomic E-state index is -1.51. The molecule has 0 aromatic carbocycles. The lowest BCUT2D eigenvalue weighted by atomic mass is 10.1. The van der Waals surface area contributed by atoms with Crippen LogP contribution in [-0.4, -0.2) is 92.4 Å². The zero-order valence-electron chi connectivity index (χ0n) is 16.9. The number of aliphatic hydroxyl groups is 1. The van der Waals surface area contributed by atoms with E-state index < -0.39 is 54.5 Å². The van der Waals surface area contributed by atoms with Crippen LogP contribution >= 0.6 is 24.4 Å². The summed E-state index contributed by atoms with van der Waals surface area (Å²) in [5.74, 6) is -3.00. The van der Waals surface area contributed by atoms with Crippen LogP contribution in [0.5, 0.6) is 0 Å². The van der Waals surface area contributed by atoms with Gasteiger partial charge in [0, 0.05) is 24.1 Å². The number of thioether (sulfide) groups is 1. The summed E-state index contributed by atoms with van der Waals surface area (Å²) in [6, 6.07) is -4.57. The number of aromatic nitrogens is 2. The Balaban J connectivity index is 2.77. The Labute approximate surface area is 188 Å². The fourth-order valence-electron chi connectivity index (χ4n) is 2.43. The van der Waals surface area contributed by atoms with Gasteiger partial charge in [-0.05, 0) is 18.4 Å². The molecule has 8 N–H and O–H groups in total. The van der Waals surface area contributed by atoms with E-state index in [1.807, 2.05) is 6.26 Å². The molecule has 1 aromatic rings. The average Bonchev–Trinajstić information content (AvgIpc) is 3.25. The lowest BCUT2D eigenvalue weighted by molar-refractivity contribution is -0.143. The van der Waals surface area contributed by atoms with Crippen LogP contribution in [-0.2, 0) is 25.6 Å². The molecule has 0 bridgehead atoms. The number of aromatic amines is 1. The molecule has 4 unspecified atom stereocenters. The zero-order valence-corrected chi connectivity index (χ0v) is 18.6. The SMILES string of the molecule is CSCCC(NC(=O)C(N)Cc1cnc[nH]1)C(=O)NC(CS)C(=O)NC(CO)C(=O)O. The minimum absolute atomic E-state index is 0.127. The molecule has 1 heterocycles. The molecule has 0 aliphatic heterocycles. The van der Waals surface area contributed by atoms with Crippen LogP contribution in [0.15, 0.2) is 12.5 Å². The second-order valence-corrected chi connectivity index (χ2v) is 7.91. The Bertz CT molecular complexity index is 735. The summed E-state index contributed by atoms with van der Waals surface area (Å²) in [6.07, 6.45) is 5.32. The molecule has 3 amide bonds. The van der Waals surface area contributed by atoms with Gasteiger partial charge in [-0.15, -0.1) is 0 Å². The first-order chi connectivity index (χ1) is 14.7. The van der Waals surface area contributed by atoms with Gasteiger partial charge in [0.05, 0.1) is 19.0 Å². The predicted octanol–water partition coefficient (Wildman–Crippen LogP) is -2.51. The van der Waals surface area contributed by atoms with Gasteiger partial charge in [-0.3, -0.25) is 14.4 Å². The molecule has 1 rings (SSSR count). The number of hydrogen-bond acceptors (Lipinski definition) is 9. The number of H-pyrrole nitrogens is 1. The molecule has 0 aliphatic rings. The molecule has 0 saturated heterocycles. The number of nitrogens with zero attached hydrogens (tertiary/aromatic N) is 1. The Morgan fingerprint density at radius 2 is 1.77 bits per heavy atom. The van der Waals surface area contributed by atoms with E-state index in [0.717, 1.165) is 0 Å². The molecule has 31 heavy (non-hydrogen) atoms. The Hall–Kier alpha value is -2.29. The monoisotopic (exact) mass is 476 g/mol. The first-order valence-electron chi connectivity index (χ1n) is 9.30. The van der Waals surface area contributed by atoms with Crippen LogP contribution in [0.2, 0.25) is 0 Å². The standard InChI is InChI=1S/C17H28N6O6S2/c1-31-3-2-11(21-14(25)10(18)4-9-5-19-8-20-9)15(26)23-13(7-30)16(27)22-12(6-24)17(28)29/h5,8,10-13,24,30H,2-4,6-7,18H2,1H3,(H,19,20)(H,21,25)(H,22,27)(H,23,26)(H,28,29). The second kappa shape index (κ2) is 13.9. The molecule has 12 nitrogen and oxygen atoms in total. The van der Waals surface area contributed by atoms with E-state index in [2.05, 4.69) is 38.5 Å². The number of carboxylic acids is 1. The second-order valence-electron chi connectivity index (χ2n) is 6.56. The van der Waals surface area contributed by atoms with Gasteiger partial charge in [0.2, 0.25) is 17.7 Å². The summed E-state index contributed by atoms with van der Waals surface area (Å²) in [5.41, 5.74) is 6.57. The number of thiol groups is 1. The van der Waals surface area contributed by atoms with Crippen molar-refractivity contribution >= 4 is 48.1 Å². The maximum atomic E-state index is 12.7. The van der Waals surface area contributed by atoms with Crippen molar-refractivity contribution in [2.24, 2.45) is 5.73 Å². The predicted molar refractivity (Wildman–Crippen MR) is 118 cm³/mol. The van der Waals surface area contributed by atoms with Gasteiger partial charge in [-0.2, -0.15) is 24.4 Å². The van der Waals surface area contributed by atoms with Crippen molar-refractivity contribution in [2.75, 3.05) is 24.4 Å². The normalized spacial score (nSPS) is 14.7. The van der Waals surface area contributed by atoms with Crippen molar-refractivity contribution in [1.29, 1.82) is 0 Å². The van der Waals surface area contributed by atoms with Crippen molar-refractivity contribution in [1.82, 2.24) is 25.9 Å². The molecule has 0 radical (unpaired) electrons. The molecule has 174 valence electrons. The number of carbonyl (C=O) groups is 4. The van der Waals surface area contributed by atoms with Crippen molar-refractivity contribution in [3.05, 3.63) is 18.2 Å². The fraction of sp³-hybridized carbons (Fsp3) is 0.588. The molecule has 0 saturated carbocycles. The first kappa shape index (κ1) is 26.7. The average molecular weight is 477 g/mol. The summed E-state index contributed by atoms with van der Waals surface area (Å²) < 4.78 is 0. The van der Waals surface area contributed by atoms with Crippen LogP contribution in [0, 0.1) is 0 Å². The number of carboxylic acid groups (broad SMARTS) is 1. The van der Waals surface area contributed by atoms with Gasteiger partial charge in [0.15, 0.2) is 0 Å². The van der Waals surface area contributed by atoms with Gasteiger partial charge in [-0.1, -0.05) is 0 Å². The van der Waals surface area contributed by atoms with Gasteiger partial charge in [0.25, 0.3) is 0 Å². The largest absolute Gasteiger partial charge is 0.480 e. The minimum Gasteiger partial charge on any atom is -0.480 e. The third-order valence-electron chi connectivity index (χ3n) is 4.19. The molecule has 0 fully saturated rings. The van der Waals surface area contributed by atoms with Crippen LogP contribution in [0.3, 0.4) is 0 Å². The number of nitrogens with one attached hydrogen (secondary N) is 4. The third kappa shape index (κ3) is 9.16. The summed E-state index contributed by atoms with van der Waals surface area (Å²) >= 11 is 5.49. The van der Waals surface area contributed by atoms with Gasteiger partial charge in [0.1, 0.15) is 18.1 Å². The van der Waals surface area contributed by atoms with Crippen molar-refractivity contribution < 1.29 is 29.4 Å². The maximum Gasteiger partial charge on any atom is 0.328 e. The number of imidazole rings is 1. The molecule has 1 aromatic heterocycles.